The zero-order valence-electron chi connectivity index (χ0n) is 13.7. The van der Waals surface area contributed by atoms with E-state index in [0.29, 0.717) is 17.8 Å². The average molecular weight is 345 g/mol. The number of tetrazole rings is 1. The molecule has 1 N–H and O–H groups in total. The Morgan fingerprint density at radius 3 is 2.58 bits per heavy atom. The molecular weight excluding hydrogens is 330 g/mol. The van der Waals surface area contributed by atoms with Gasteiger partial charge in [0, 0.05) is 11.9 Å². The summed E-state index contributed by atoms with van der Waals surface area (Å²) in [5.41, 5.74) is 3.12. The molecule has 2 heterocycles. The molecule has 0 aliphatic carbocycles. The van der Waals surface area contributed by atoms with Crippen molar-refractivity contribution >= 4 is 11.6 Å². The standard InChI is InChI=1S/C18H15N7O/c26-18(15-10-20-24(12-15)11-14-4-2-1-3-5-14)21-16-6-8-17(9-7-16)25-13-19-22-23-25/h1-10,12-13H,11H2,(H,21,26). The van der Waals surface area contributed by atoms with Gasteiger partial charge in [-0.1, -0.05) is 30.3 Å². The number of hydrogen-bond donors (Lipinski definition) is 1. The van der Waals surface area contributed by atoms with E-state index in [1.165, 1.54) is 6.33 Å². The minimum Gasteiger partial charge on any atom is -0.322 e. The summed E-state index contributed by atoms with van der Waals surface area (Å²) < 4.78 is 3.28. The van der Waals surface area contributed by atoms with Crippen LogP contribution in [-0.4, -0.2) is 35.9 Å². The second-order valence-electron chi connectivity index (χ2n) is 5.67. The summed E-state index contributed by atoms with van der Waals surface area (Å²) in [5.74, 6) is -0.209. The van der Waals surface area contributed by atoms with Gasteiger partial charge in [-0.05, 0) is 40.3 Å². The maximum Gasteiger partial charge on any atom is 0.258 e. The molecule has 128 valence electrons. The van der Waals surface area contributed by atoms with Gasteiger partial charge in [0.1, 0.15) is 6.33 Å². The number of nitrogens with zero attached hydrogens (tertiary/aromatic N) is 6. The van der Waals surface area contributed by atoms with Crippen molar-refractivity contribution < 1.29 is 4.79 Å². The highest BCUT2D eigenvalue weighted by molar-refractivity contribution is 6.03. The zero-order chi connectivity index (χ0) is 17.8. The molecule has 2 aromatic carbocycles. The van der Waals surface area contributed by atoms with Crippen molar-refractivity contribution in [1.82, 2.24) is 30.0 Å². The van der Waals surface area contributed by atoms with Crippen LogP contribution in [0.1, 0.15) is 15.9 Å². The van der Waals surface area contributed by atoms with Gasteiger partial charge in [0.15, 0.2) is 0 Å². The van der Waals surface area contributed by atoms with E-state index in [1.807, 2.05) is 42.5 Å². The van der Waals surface area contributed by atoms with E-state index in [0.717, 1.165) is 11.3 Å². The van der Waals surface area contributed by atoms with Crippen molar-refractivity contribution in [2.45, 2.75) is 6.54 Å². The zero-order valence-corrected chi connectivity index (χ0v) is 13.7. The van der Waals surface area contributed by atoms with Crippen LogP contribution >= 0.6 is 0 Å². The Hall–Kier alpha value is -3.81. The van der Waals surface area contributed by atoms with Gasteiger partial charge in [-0.25, -0.2) is 4.68 Å². The van der Waals surface area contributed by atoms with Crippen molar-refractivity contribution in [3.63, 3.8) is 0 Å². The fraction of sp³-hybridized carbons (Fsp3) is 0.0556. The number of carbonyl (C=O) groups is 1. The third kappa shape index (κ3) is 3.48. The van der Waals surface area contributed by atoms with Crippen LogP contribution in [0.4, 0.5) is 5.69 Å². The van der Waals surface area contributed by atoms with Gasteiger partial charge in [-0.15, -0.1) is 5.10 Å². The Morgan fingerprint density at radius 1 is 1.04 bits per heavy atom. The number of amides is 1. The normalized spacial score (nSPS) is 10.6. The Bertz CT molecular complexity index is 992. The highest BCUT2D eigenvalue weighted by Crippen LogP contribution is 2.13. The minimum atomic E-state index is -0.209. The van der Waals surface area contributed by atoms with Gasteiger partial charge in [0.05, 0.1) is 24.0 Å². The van der Waals surface area contributed by atoms with E-state index in [2.05, 4.69) is 25.9 Å². The van der Waals surface area contributed by atoms with Crippen molar-refractivity contribution in [2.24, 2.45) is 0 Å². The van der Waals surface area contributed by atoms with Gasteiger partial charge < -0.3 is 5.32 Å². The first kappa shape index (κ1) is 15.7. The van der Waals surface area contributed by atoms with Crippen LogP contribution in [0.2, 0.25) is 0 Å². The summed E-state index contributed by atoms with van der Waals surface area (Å²) in [6.07, 6.45) is 4.81. The number of hydrogen-bond acceptors (Lipinski definition) is 5. The number of benzene rings is 2. The highest BCUT2D eigenvalue weighted by atomic mass is 16.1. The Kier molecular flexibility index (Phi) is 4.21. The third-order valence-corrected chi connectivity index (χ3v) is 3.82. The van der Waals surface area contributed by atoms with Crippen molar-refractivity contribution in [2.75, 3.05) is 5.32 Å². The molecule has 4 rings (SSSR count). The summed E-state index contributed by atoms with van der Waals surface area (Å²) in [5, 5.41) is 18.1. The molecule has 0 saturated heterocycles. The van der Waals surface area contributed by atoms with E-state index in [4.69, 9.17) is 0 Å². The van der Waals surface area contributed by atoms with E-state index in [9.17, 15) is 4.79 Å². The second kappa shape index (κ2) is 6.98. The Labute approximate surface area is 149 Å². The van der Waals surface area contributed by atoms with E-state index in [-0.39, 0.29) is 5.91 Å². The number of carbonyl (C=O) groups excluding carboxylic acids is 1. The molecule has 0 bridgehead atoms. The Balaban J connectivity index is 1.42. The number of rotatable bonds is 5. The van der Waals surface area contributed by atoms with Crippen LogP contribution in [0.3, 0.4) is 0 Å². The predicted octanol–water partition coefficient (Wildman–Crippen LogP) is 2.16. The molecule has 0 aliphatic heterocycles. The molecule has 0 spiro atoms. The van der Waals surface area contributed by atoms with Crippen LogP contribution in [0.15, 0.2) is 73.3 Å². The predicted molar refractivity (Wildman–Crippen MR) is 94.9 cm³/mol. The molecule has 0 saturated carbocycles. The average Bonchev–Trinajstić information content (AvgIpc) is 3.35. The Morgan fingerprint density at radius 2 is 1.85 bits per heavy atom. The van der Waals surface area contributed by atoms with Gasteiger partial charge >= 0.3 is 0 Å². The quantitative estimate of drug-likeness (QED) is 0.598. The van der Waals surface area contributed by atoms with Crippen molar-refractivity contribution in [1.29, 1.82) is 0 Å². The lowest BCUT2D eigenvalue weighted by Crippen LogP contribution is -2.11. The van der Waals surface area contributed by atoms with Crippen LogP contribution in [-0.2, 0) is 6.54 Å². The summed E-state index contributed by atoms with van der Waals surface area (Å²) in [6, 6.07) is 17.2. The van der Waals surface area contributed by atoms with E-state index in [1.54, 1.807) is 33.9 Å². The monoisotopic (exact) mass is 345 g/mol. The molecule has 1 amide bonds. The van der Waals surface area contributed by atoms with Gasteiger partial charge in [0.25, 0.3) is 5.91 Å². The molecule has 8 heteroatoms. The first-order valence-electron chi connectivity index (χ1n) is 7.99. The van der Waals surface area contributed by atoms with Crippen LogP contribution < -0.4 is 5.32 Å². The minimum absolute atomic E-state index is 0.209. The van der Waals surface area contributed by atoms with Crippen LogP contribution in [0.5, 0.6) is 0 Å². The summed E-state index contributed by atoms with van der Waals surface area (Å²) in [7, 11) is 0. The van der Waals surface area contributed by atoms with E-state index >= 15 is 0 Å². The molecule has 0 fully saturated rings. The molecule has 26 heavy (non-hydrogen) atoms. The molecular formula is C18H15N7O. The number of nitrogens with one attached hydrogen (secondary N) is 1. The van der Waals surface area contributed by atoms with Gasteiger partial charge in [-0.2, -0.15) is 5.10 Å². The third-order valence-electron chi connectivity index (χ3n) is 3.82. The van der Waals surface area contributed by atoms with Gasteiger partial charge in [0.2, 0.25) is 0 Å². The van der Waals surface area contributed by atoms with Gasteiger partial charge in [-0.3, -0.25) is 9.48 Å². The lowest BCUT2D eigenvalue weighted by atomic mass is 10.2. The maximum absolute atomic E-state index is 12.4. The smallest absolute Gasteiger partial charge is 0.258 e. The molecule has 2 aromatic heterocycles. The molecule has 0 unspecified atom stereocenters. The lowest BCUT2D eigenvalue weighted by molar-refractivity contribution is 0.102. The van der Waals surface area contributed by atoms with Crippen molar-refractivity contribution in [3.05, 3.63) is 84.4 Å². The molecule has 4 aromatic rings. The summed E-state index contributed by atoms with van der Waals surface area (Å²) in [6.45, 7) is 0.620. The SMILES string of the molecule is O=C(Nc1ccc(-n2cnnn2)cc1)c1cnn(Cc2ccccc2)c1. The topological polar surface area (TPSA) is 90.5 Å². The fourth-order valence-corrected chi connectivity index (χ4v) is 2.52. The maximum atomic E-state index is 12.4. The lowest BCUT2D eigenvalue weighted by Gasteiger charge is -2.05. The van der Waals surface area contributed by atoms with Crippen LogP contribution in [0.25, 0.3) is 5.69 Å². The van der Waals surface area contributed by atoms with E-state index < -0.39 is 0 Å². The second-order valence-corrected chi connectivity index (χ2v) is 5.67. The molecule has 0 aliphatic rings. The summed E-state index contributed by atoms with van der Waals surface area (Å²) in [4.78, 5) is 12.4. The summed E-state index contributed by atoms with van der Waals surface area (Å²) >= 11 is 0. The molecule has 8 nitrogen and oxygen atoms in total. The van der Waals surface area contributed by atoms with Crippen LogP contribution in [0, 0.1) is 0 Å². The molecule has 0 radical (unpaired) electrons. The number of anilines is 1. The highest BCUT2D eigenvalue weighted by Gasteiger charge is 2.09. The largest absolute Gasteiger partial charge is 0.322 e. The first-order chi connectivity index (χ1) is 12.8. The molecule has 0 atom stereocenters. The van der Waals surface area contributed by atoms with Crippen molar-refractivity contribution in [3.8, 4) is 5.69 Å². The first-order valence-corrected chi connectivity index (χ1v) is 7.99. The number of aromatic nitrogens is 6. The fourth-order valence-electron chi connectivity index (χ4n) is 2.52.